The highest BCUT2D eigenvalue weighted by molar-refractivity contribution is 5.70. The van der Waals surface area contributed by atoms with Crippen molar-refractivity contribution in [3.05, 3.63) is 24.2 Å². The van der Waals surface area contributed by atoms with Crippen LogP contribution >= 0.6 is 0 Å². The molecule has 12 heavy (non-hydrogen) atoms. The number of hydrogen-bond donors (Lipinski definition) is 1. The molecule has 3 nitrogen and oxygen atoms in total. The van der Waals surface area contributed by atoms with Gasteiger partial charge in [0.25, 0.3) is 0 Å². The Morgan fingerprint density at radius 1 is 1.58 bits per heavy atom. The number of carbonyl (C=O) groups is 1. The highest BCUT2D eigenvalue weighted by Crippen LogP contribution is 2.24. The maximum Gasteiger partial charge on any atom is 0.306 e. The minimum absolute atomic E-state index is 0.0718. The van der Waals surface area contributed by atoms with E-state index in [-0.39, 0.29) is 5.92 Å². The molecule has 0 saturated carbocycles. The molecule has 1 aromatic heterocycles. The zero-order valence-corrected chi connectivity index (χ0v) is 7.15. The number of hydrogen-bond acceptors (Lipinski definition) is 2. The fourth-order valence-electron chi connectivity index (χ4n) is 1.01. The molecule has 1 aromatic rings. The largest absolute Gasteiger partial charge is 0.481 e. The fraction of sp³-hybridized carbons (Fsp3) is 0.444. The quantitative estimate of drug-likeness (QED) is 0.751. The molecule has 0 saturated heterocycles. The van der Waals surface area contributed by atoms with Gasteiger partial charge in [-0.1, -0.05) is 13.8 Å². The van der Waals surface area contributed by atoms with Crippen LogP contribution in [0.25, 0.3) is 0 Å². The molecule has 0 aromatic carbocycles. The summed E-state index contributed by atoms with van der Waals surface area (Å²) in [7, 11) is 0. The van der Waals surface area contributed by atoms with Gasteiger partial charge in [-0.15, -0.1) is 0 Å². The van der Waals surface area contributed by atoms with Crippen molar-refractivity contribution < 1.29 is 14.3 Å². The molecule has 2 atom stereocenters. The van der Waals surface area contributed by atoms with E-state index >= 15 is 0 Å². The first-order valence-electron chi connectivity index (χ1n) is 3.89. The first-order chi connectivity index (χ1) is 5.63. The van der Waals surface area contributed by atoms with E-state index in [0.717, 1.165) is 5.76 Å². The molecule has 0 amide bonds. The SMILES string of the molecule is CC(C(=O)O)C(C)c1ccco1. The van der Waals surface area contributed by atoms with E-state index in [1.165, 1.54) is 0 Å². The van der Waals surface area contributed by atoms with Crippen LogP contribution in [0.1, 0.15) is 25.5 Å². The van der Waals surface area contributed by atoms with Crippen LogP contribution in [0, 0.1) is 5.92 Å². The molecular formula is C9H12O3. The lowest BCUT2D eigenvalue weighted by Crippen LogP contribution is -2.16. The maximum absolute atomic E-state index is 10.6. The Balaban J connectivity index is 2.71. The average Bonchev–Trinajstić information content (AvgIpc) is 2.53. The molecule has 0 radical (unpaired) electrons. The van der Waals surface area contributed by atoms with Crippen LogP contribution in [-0.4, -0.2) is 11.1 Å². The summed E-state index contributed by atoms with van der Waals surface area (Å²) in [4.78, 5) is 10.6. The summed E-state index contributed by atoms with van der Waals surface area (Å²) in [6.07, 6.45) is 1.56. The summed E-state index contributed by atoms with van der Waals surface area (Å²) in [6, 6.07) is 3.56. The van der Waals surface area contributed by atoms with Gasteiger partial charge in [0.05, 0.1) is 12.2 Å². The van der Waals surface area contributed by atoms with Crippen molar-refractivity contribution in [2.75, 3.05) is 0 Å². The molecule has 2 unspecified atom stereocenters. The van der Waals surface area contributed by atoms with Crippen LogP contribution in [0.2, 0.25) is 0 Å². The Labute approximate surface area is 71.0 Å². The smallest absolute Gasteiger partial charge is 0.306 e. The van der Waals surface area contributed by atoms with Gasteiger partial charge in [0.15, 0.2) is 0 Å². The van der Waals surface area contributed by atoms with E-state index in [1.807, 2.05) is 6.92 Å². The summed E-state index contributed by atoms with van der Waals surface area (Å²) in [5, 5.41) is 8.71. The summed E-state index contributed by atoms with van der Waals surface area (Å²) >= 11 is 0. The normalized spacial score (nSPS) is 15.5. The molecule has 66 valence electrons. The lowest BCUT2D eigenvalue weighted by molar-refractivity contribution is -0.141. The fourth-order valence-corrected chi connectivity index (χ4v) is 1.01. The number of carboxylic acids is 1. The van der Waals surface area contributed by atoms with Gasteiger partial charge in [-0.05, 0) is 12.1 Å². The van der Waals surface area contributed by atoms with Crippen LogP contribution in [0.4, 0.5) is 0 Å². The van der Waals surface area contributed by atoms with E-state index in [0.29, 0.717) is 0 Å². The standard InChI is InChI=1S/C9H12O3/c1-6(7(2)9(10)11)8-4-3-5-12-8/h3-7H,1-2H3,(H,10,11). The predicted molar refractivity (Wildman–Crippen MR) is 43.9 cm³/mol. The van der Waals surface area contributed by atoms with Gasteiger partial charge >= 0.3 is 5.97 Å². The van der Waals surface area contributed by atoms with Crippen LogP contribution in [0.5, 0.6) is 0 Å². The van der Waals surface area contributed by atoms with E-state index < -0.39 is 11.9 Å². The summed E-state index contributed by atoms with van der Waals surface area (Å²) in [5.41, 5.74) is 0. The van der Waals surface area contributed by atoms with Crippen LogP contribution in [0.15, 0.2) is 22.8 Å². The van der Waals surface area contributed by atoms with Crippen molar-refractivity contribution in [1.82, 2.24) is 0 Å². The van der Waals surface area contributed by atoms with Crippen LogP contribution in [-0.2, 0) is 4.79 Å². The summed E-state index contributed by atoms with van der Waals surface area (Å²) in [6.45, 7) is 3.52. The van der Waals surface area contributed by atoms with Crippen molar-refractivity contribution in [2.24, 2.45) is 5.92 Å². The second kappa shape index (κ2) is 3.43. The van der Waals surface area contributed by atoms with Crippen molar-refractivity contribution in [3.8, 4) is 0 Å². The first-order valence-corrected chi connectivity index (χ1v) is 3.89. The minimum Gasteiger partial charge on any atom is -0.481 e. The minimum atomic E-state index is -0.793. The molecule has 1 rings (SSSR count). The molecule has 1 N–H and O–H groups in total. The summed E-state index contributed by atoms with van der Waals surface area (Å²) in [5.74, 6) is -0.544. The van der Waals surface area contributed by atoms with Gasteiger partial charge in [0, 0.05) is 5.92 Å². The topological polar surface area (TPSA) is 50.4 Å². The third kappa shape index (κ3) is 1.67. The highest BCUT2D eigenvalue weighted by atomic mass is 16.4. The second-order valence-electron chi connectivity index (χ2n) is 2.93. The lowest BCUT2D eigenvalue weighted by atomic mass is 9.94. The Kier molecular flexibility index (Phi) is 2.53. The van der Waals surface area contributed by atoms with Gasteiger partial charge < -0.3 is 9.52 Å². The van der Waals surface area contributed by atoms with E-state index in [9.17, 15) is 4.79 Å². The zero-order chi connectivity index (χ0) is 9.14. The number of aliphatic carboxylic acids is 1. The van der Waals surface area contributed by atoms with Crippen LogP contribution in [0.3, 0.4) is 0 Å². The van der Waals surface area contributed by atoms with Gasteiger partial charge in [-0.25, -0.2) is 0 Å². The van der Waals surface area contributed by atoms with E-state index in [2.05, 4.69) is 0 Å². The number of carboxylic acid groups (broad SMARTS) is 1. The third-order valence-corrected chi connectivity index (χ3v) is 2.13. The Hall–Kier alpha value is -1.25. The molecule has 0 aliphatic rings. The van der Waals surface area contributed by atoms with Gasteiger partial charge in [-0.3, -0.25) is 4.79 Å². The second-order valence-corrected chi connectivity index (χ2v) is 2.93. The zero-order valence-electron chi connectivity index (χ0n) is 7.15. The van der Waals surface area contributed by atoms with Crippen molar-refractivity contribution in [2.45, 2.75) is 19.8 Å². The molecule has 1 heterocycles. The number of furan rings is 1. The van der Waals surface area contributed by atoms with Gasteiger partial charge in [0.1, 0.15) is 5.76 Å². The van der Waals surface area contributed by atoms with Crippen molar-refractivity contribution in [1.29, 1.82) is 0 Å². The van der Waals surface area contributed by atoms with Gasteiger partial charge in [0.2, 0.25) is 0 Å². The Morgan fingerprint density at radius 3 is 2.67 bits per heavy atom. The molecular weight excluding hydrogens is 156 g/mol. The molecule has 0 aliphatic heterocycles. The molecule has 3 heteroatoms. The monoisotopic (exact) mass is 168 g/mol. The Bertz CT molecular complexity index is 251. The van der Waals surface area contributed by atoms with E-state index in [4.69, 9.17) is 9.52 Å². The third-order valence-electron chi connectivity index (χ3n) is 2.13. The van der Waals surface area contributed by atoms with Crippen LogP contribution < -0.4 is 0 Å². The molecule has 0 fully saturated rings. The lowest BCUT2D eigenvalue weighted by Gasteiger charge is -2.12. The summed E-state index contributed by atoms with van der Waals surface area (Å²) < 4.78 is 5.10. The predicted octanol–water partition coefficient (Wildman–Crippen LogP) is 2.10. The molecule has 0 bridgehead atoms. The molecule has 0 spiro atoms. The highest BCUT2D eigenvalue weighted by Gasteiger charge is 2.22. The Morgan fingerprint density at radius 2 is 2.25 bits per heavy atom. The average molecular weight is 168 g/mol. The van der Waals surface area contributed by atoms with Crippen molar-refractivity contribution >= 4 is 5.97 Å². The van der Waals surface area contributed by atoms with Crippen molar-refractivity contribution in [3.63, 3.8) is 0 Å². The van der Waals surface area contributed by atoms with Gasteiger partial charge in [-0.2, -0.15) is 0 Å². The first kappa shape index (κ1) is 8.84. The molecule has 0 aliphatic carbocycles. The number of rotatable bonds is 3. The maximum atomic E-state index is 10.6. The van der Waals surface area contributed by atoms with E-state index in [1.54, 1.807) is 25.3 Å².